The van der Waals surface area contributed by atoms with Gasteiger partial charge >= 0.3 is 5.97 Å². The van der Waals surface area contributed by atoms with Gasteiger partial charge in [0.2, 0.25) is 5.91 Å². The molecule has 106 valence electrons. The number of carboxylic acids is 1. The summed E-state index contributed by atoms with van der Waals surface area (Å²) in [6.07, 6.45) is 0.317. The van der Waals surface area contributed by atoms with Gasteiger partial charge < -0.3 is 15.7 Å². The molecule has 0 aromatic rings. The van der Waals surface area contributed by atoms with Crippen LogP contribution in [0.25, 0.3) is 0 Å². The highest BCUT2D eigenvalue weighted by molar-refractivity contribution is 5.77. The van der Waals surface area contributed by atoms with E-state index in [0.717, 1.165) is 0 Å². The topological polar surface area (TPSA) is 78.4 Å². The first-order valence-corrected chi connectivity index (χ1v) is 6.37. The van der Waals surface area contributed by atoms with Crippen LogP contribution in [0.2, 0.25) is 0 Å². The maximum Gasteiger partial charge on any atom is 0.305 e. The van der Waals surface area contributed by atoms with E-state index in [2.05, 4.69) is 10.6 Å². The van der Waals surface area contributed by atoms with E-state index in [4.69, 9.17) is 5.11 Å². The number of amides is 1. The Balaban J connectivity index is 4.24. The molecule has 0 rings (SSSR count). The van der Waals surface area contributed by atoms with E-state index in [9.17, 15) is 9.59 Å². The Kier molecular flexibility index (Phi) is 6.91. The van der Waals surface area contributed by atoms with Crippen molar-refractivity contribution in [2.24, 2.45) is 5.41 Å². The number of rotatable bonds is 7. The molecule has 18 heavy (non-hydrogen) atoms. The normalized spacial score (nSPS) is 13.4. The van der Waals surface area contributed by atoms with Gasteiger partial charge in [-0.3, -0.25) is 9.59 Å². The summed E-state index contributed by atoms with van der Waals surface area (Å²) in [4.78, 5) is 22.5. The molecule has 3 N–H and O–H groups in total. The van der Waals surface area contributed by atoms with Gasteiger partial charge in [-0.05, 0) is 5.41 Å². The third kappa shape index (κ3) is 8.06. The standard InChI is InChI=1S/C13H26N2O3/c1-9(2)14-7-6-11(16)15-10(8-12(17)18)13(3,4)5/h9-10,14H,6-8H2,1-5H3,(H,15,16)(H,17,18). The second kappa shape index (κ2) is 7.36. The smallest absolute Gasteiger partial charge is 0.305 e. The van der Waals surface area contributed by atoms with Crippen LogP contribution in [0.4, 0.5) is 0 Å². The summed E-state index contributed by atoms with van der Waals surface area (Å²) in [7, 11) is 0. The van der Waals surface area contributed by atoms with Crippen LogP contribution < -0.4 is 10.6 Å². The van der Waals surface area contributed by atoms with Gasteiger partial charge in [0.25, 0.3) is 0 Å². The van der Waals surface area contributed by atoms with Crippen molar-refractivity contribution in [3.8, 4) is 0 Å². The highest BCUT2D eigenvalue weighted by Crippen LogP contribution is 2.21. The molecule has 0 heterocycles. The van der Waals surface area contributed by atoms with Gasteiger partial charge in [-0.1, -0.05) is 34.6 Å². The molecule has 1 amide bonds. The van der Waals surface area contributed by atoms with Crippen LogP contribution in [0.3, 0.4) is 0 Å². The second-order valence-electron chi connectivity index (χ2n) is 5.94. The quantitative estimate of drug-likeness (QED) is 0.644. The molecule has 5 heteroatoms. The van der Waals surface area contributed by atoms with Crippen LogP contribution in [0.5, 0.6) is 0 Å². The Labute approximate surface area is 109 Å². The molecule has 1 unspecified atom stereocenters. The third-order valence-electron chi connectivity index (χ3n) is 2.66. The number of carboxylic acid groups (broad SMARTS) is 1. The number of carbonyl (C=O) groups excluding carboxylic acids is 1. The average molecular weight is 258 g/mol. The van der Waals surface area contributed by atoms with Crippen LogP contribution >= 0.6 is 0 Å². The summed E-state index contributed by atoms with van der Waals surface area (Å²) < 4.78 is 0. The monoisotopic (exact) mass is 258 g/mol. The van der Waals surface area contributed by atoms with E-state index >= 15 is 0 Å². The van der Waals surface area contributed by atoms with Crippen molar-refractivity contribution in [1.29, 1.82) is 0 Å². The van der Waals surface area contributed by atoms with Crippen LogP contribution in [0.1, 0.15) is 47.5 Å². The molecular formula is C13H26N2O3. The third-order valence-corrected chi connectivity index (χ3v) is 2.66. The van der Waals surface area contributed by atoms with Crippen molar-refractivity contribution in [3.05, 3.63) is 0 Å². The molecule has 0 aliphatic carbocycles. The van der Waals surface area contributed by atoms with E-state index in [1.807, 2.05) is 34.6 Å². The van der Waals surface area contributed by atoms with Gasteiger partial charge in [0, 0.05) is 25.0 Å². The molecule has 0 aromatic heterocycles. The molecular weight excluding hydrogens is 232 g/mol. The number of carbonyl (C=O) groups is 2. The lowest BCUT2D eigenvalue weighted by Crippen LogP contribution is -2.45. The van der Waals surface area contributed by atoms with Crippen molar-refractivity contribution in [1.82, 2.24) is 10.6 Å². The van der Waals surface area contributed by atoms with E-state index in [1.165, 1.54) is 0 Å². The van der Waals surface area contributed by atoms with Crippen molar-refractivity contribution in [3.63, 3.8) is 0 Å². The summed E-state index contributed by atoms with van der Waals surface area (Å²) >= 11 is 0. The lowest BCUT2D eigenvalue weighted by molar-refractivity contribution is -0.138. The zero-order valence-corrected chi connectivity index (χ0v) is 12.0. The molecule has 0 radical (unpaired) electrons. The molecule has 0 bridgehead atoms. The van der Waals surface area contributed by atoms with Gasteiger partial charge in [0.05, 0.1) is 6.42 Å². The Morgan fingerprint density at radius 3 is 2.17 bits per heavy atom. The molecule has 0 saturated carbocycles. The first kappa shape index (κ1) is 16.9. The first-order valence-electron chi connectivity index (χ1n) is 6.37. The van der Waals surface area contributed by atoms with Crippen LogP contribution in [0, 0.1) is 5.41 Å². The summed E-state index contributed by atoms with van der Waals surface area (Å²) in [5, 5.41) is 14.8. The molecule has 0 aliphatic heterocycles. The van der Waals surface area contributed by atoms with Crippen LogP contribution in [0.15, 0.2) is 0 Å². The molecule has 5 nitrogen and oxygen atoms in total. The van der Waals surface area contributed by atoms with E-state index in [0.29, 0.717) is 19.0 Å². The minimum Gasteiger partial charge on any atom is -0.481 e. The molecule has 1 atom stereocenters. The Hall–Kier alpha value is -1.10. The minimum absolute atomic E-state index is 0.0488. The Bertz CT molecular complexity index is 282. The lowest BCUT2D eigenvalue weighted by Gasteiger charge is -2.30. The van der Waals surface area contributed by atoms with Gasteiger partial charge in [-0.25, -0.2) is 0 Å². The highest BCUT2D eigenvalue weighted by Gasteiger charge is 2.28. The van der Waals surface area contributed by atoms with E-state index in [-0.39, 0.29) is 23.8 Å². The summed E-state index contributed by atoms with van der Waals surface area (Å²) in [6.45, 7) is 10.4. The molecule has 0 aliphatic rings. The predicted molar refractivity (Wildman–Crippen MR) is 71.4 cm³/mol. The molecule has 0 aromatic carbocycles. The van der Waals surface area contributed by atoms with Crippen molar-refractivity contribution >= 4 is 11.9 Å². The number of hydrogen-bond donors (Lipinski definition) is 3. The summed E-state index contributed by atoms with van der Waals surface area (Å²) in [5.74, 6) is -1.00. The van der Waals surface area contributed by atoms with E-state index < -0.39 is 5.97 Å². The van der Waals surface area contributed by atoms with Crippen LogP contribution in [-0.2, 0) is 9.59 Å². The van der Waals surface area contributed by atoms with Gasteiger partial charge in [-0.2, -0.15) is 0 Å². The largest absolute Gasteiger partial charge is 0.481 e. The maximum atomic E-state index is 11.7. The van der Waals surface area contributed by atoms with Gasteiger partial charge in [-0.15, -0.1) is 0 Å². The fourth-order valence-electron chi connectivity index (χ4n) is 1.49. The maximum absolute atomic E-state index is 11.7. The lowest BCUT2D eigenvalue weighted by atomic mass is 9.84. The predicted octanol–water partition coefficient (Wildman–Crippen LogP) is 1.38. The van der Waals surface area contributed by atoms with Crippen molar-refractivity contribution in [2.75, 3.05) is 6.54 Å². The molecule has 0 saturated heterocycles. The molecule has 0 spiro atoms. The van der Waals surface area contributed by atoms with Crippen molar-refractivity contribution < 1.29 is 14.7 Å². The number of aliphatic carboxylic acids is 1. The second-order valence-corrected chi connectivity index (χ2v) is 5.94. The first-order chi connectivity index (χ1) is 8.12. The highest BCUT2D eigenvalue weighted by atomic mass is 16.4. The fraction of sp³-hybridized carbons (Fsp3) is 0.846. The summed E-state index contributed by atoms with van der Waals surface area (Å²) in [6, 6.07) is -0.00298. The SMILES string of the molecule is CC(C)NCCC(=O)NC(CC(=O)O)C(C)(C)C. The molecule has 0 fully saturated rings. The van der Waals surface area contributed by atoms with Crippen LogP contribution in [-0.4, -0.2) is 35.6 Å². The number of hydrogen-bond acceptors (Lipinski definition) is 3. The fourth-order valence-corrected chi connectivity index (χ4v) is 1.49. The van der Waals surface area contributed by atoms with E-state index in [1.54, 1.807) is 0 Å². The van der Waals surface area contributed by atoms with Crippen molar-refractivity contribution in [2.45, 2.75) is 59.5 Å². The zero-order valence-electron chi connectivity index (χ0n) is 12.0. The number of nitrogens with one attached hydrogen (secondary N) is 2. The van der Waals surface area contributed by atoms with Gasteiger partial charge in [0.1, 0.15) is 0 Å². The van der Waals surface area contributed by atoms with Gasteiger partial charge in [0.15, 0.2) is 0 Å². The summed E-state index contributed by atoms with van der Waals surface area (Å²) in [5.41, 5.74) is -0.264. The Morgan fingerprint density at radius 2 is 1.78 bits per heavy atom. The average Bonchev–Trinajstić information content (AvgIpc) is 2.13. The zero-order chi connectivity index (χ0) is 14.3. The Morgan fingerprint density at radius 1 is 1.22 bits per heavy atom. The minimum atomic E-state index is -0.893.